The molecule has 9 heteroatoms. The maximum atomic E-state index is 12.1. The molecule has 2 rings (SSSR count). The third kappa shape index (κ3) is 3.12. The molecule has 20 heavy (non-hydrogen) atoms. The lowest BCUT2D eigenvalue weighted by molar-refractivity contribution is -0.385. The third-order valence-electron chi connectivity index (χ3n) is 2.98. The van der Waals surface area contributed by atoms with Gasteiger partial charge in [-0.05, 0) is 6.07 Å². The van der Waals surface area contributed by atoms with Gasteiger partial charge in [-0.15, -0.1) is 0 Å². The van der Waals surface area contributed by atoms with E-state index in [1.54, 1.807) is 0 Å². The van der Waals surface area contributed by atoms with E-state index in [-0.39, 0.29) is 16.7 Å². The number of nitrogens with zero attached hydrogens (tertiary/aromatic N) is 1. The number of nitro benzene ring substituents is 1. The van der Waals surface area contributed by atoms with E-state index in [1.165, 1.54) is 25.3 Å². The van der Waals surface area contributed by atoms with E-state index in [4.69, 9.17) is 8.92 Å². The lowest BCUT2D eigenvalue weighted by atomic mass is 10.3. The topological polar surface area (TPSA) is 108 Å². The van der Waals surface area contributed by atoms with E-state index in [0.717, 1.165) is 6.07 Å². The summed E-state index contributed by atoms with van der Waals surface area (Å²) in [6, 6.07) is 4.75. The van der Waals surface area contributed by atoms with E-state index >= 15 is 0 Å². The van der Waals surface area contributed by atoms with Gasteiger partial charge in [0.15, 0.2) is 0 Å². The molecule has 1 aliphatic heterocycles. The van der Waals surface area contributed by atoms with Crippen LogP contribution in [-0.2, 0) is 19.0 Å². The molecule has 1 saturated heterocycles. The maximum Gasteiger partial charge on any atom is 0.297 e. The second-order valence-corrected chi connectivity index (χ2v) is 5.85. The van der Waals surface area contributed by atoms with Gasteiger partial charge in [0.2, 0.25) is 0 Å². The third-order valence-corrected chi connectivity index (χ3v) is 4.31. The van der Waals surface area contributed by atoms with Crippen LogP contribution in [0.4, 0.5) is 5.69 Å². The number of ether oxygens (including phenoxy) is 1. The fourth-order valence-corrected chi connectivity index (χ4v) is 3.07. The van der Waals surface area contributed by atoms with Gasteiger partial charge in [-0.2, -0.15) is 8.42 Å². The smallest absolute Gasteiger partial charge is 0.297 e. The molecule has 0 spiro atoms. The average molecular weight is 302 g/mol. The first-order valence-corrected chi connectivity index (χ1v) is 7.26. The van der Waals surface area contributed by atoms with Gasteiger partial charge in [0.1, 0.15) is 11.0 Å². The van der Waals surface area contributed by atoms with Crippen molar-refractivity contribution < 1.29 is 22.3 Å². The Kier molecular flexibility index (Phi) is 4.33. The van der Waals surface area contributed by atoms with E-state index in [0.29, 0.717) is 13.1 Å². The van der Waals surface area contributed by atoms with Gasteiger partial charge in [-0.1, -0.05) is 6.07 Å². The largest absolute Gasteiger partial charge is 0.377 e. The number of hydrogen-bond donors (Lipinski definition) is 1. The molecular weight excluding hydrogens is 288 g/mol. The highest BCUT2D eigenvalue weighted by atomic mass is 32.2. The molecule has 0 radical (unpaired) electrons. The number of benzene rings is 1. The second kappa shape index (κ2) is 5.83. The summed E-state index contributed by atoms with van der Waals surface area (Å²) in [5.41, 5.74) is -0.303. The van der Waals surface area contributed by atoms with Gasteiger partial charge >= 0.3 is 0 Å². The zero-order chi connectivity index (χ0) is 14.8. The average Bonchev–Trinajstić information content (AvgIpc) is 2.85. The number of nitrogens with one attached hydrogen (secondary N) is 1. The summed E-state index contributed by atoms with van der Waals surface area (Å²) in [5, 5.41) is 13.6. The molecule has 0 saturated carbocycles. The predicted molar refractivity (Wildman–Crippen MR) is 68.8 cm³/mol. The molecule has 0 aromatic heterocycles. The van der Waals surface area contributed by atoms with Gasteiger partial charge in [0.05, 0.1) is 11.0 Å². The molecular formula is C11H14N2O6S. The molecule has 1 N–H and O–H groups in total. The van der Waals surface area contributed by atoms with Crippen LogP contribution < -0.4 is 5.32 Å². The highest BCUT2D eigenvalue weighted by Gasteiger charge is 2.33. The van der Waals surface area contributed by atoms with Crippen molar-refractivity contribution in [3.63, 3.8) is 0 Å². The minimum Gasteiger partial charge on any atom is -0.377 e. The zero-order valence-corrected chi connectivity index (χ0v) is 11.5. The predicted octanol–water partition coefficient (Wildman–Crippen LogP) is 0.287. The van der Waals surface area contributed by atoms with E-state index < -0.39 is 21.1 Å². The molecule has 0 unspecified atom stereocenters. The summed E-state index contributed by atoms with van der Waals surface area (Å²) in [6.07, 6.45) is -1.02. The van der Waals surface area contributed by atoms with Crippen molar-refractivity contribution in [1.29, 1.82) is 0 Å². The molecule has 0 bridgehead atoms. The second-order valence-electron chi connectivity index (χ2n) is 4.28. The van der Waals surface area contributed by atoms with E-state index in [1.807, 2.05) is 0 Å². The Bertz CT molecular complexity index is 603. The van der Waals surface area contributed by atoms with Crippen molar-refractivity contribution in [3.8, 4) is 0 Å². The fourth-order valence-electron chi connectivity index (χ4n) is 1.93. The van der Waals surface area contributed by atoms with Crippen molar-refractivity contribution in [2.75, 3.05) is 20.2 Å². The lowest BCUT2D eigenvalue weighted by Crippen LogP contribution is -2.31. The van der Waals surface area contributed by atoms with Crippen LogP contribution in [-0.4, -0.2) is 45.7 Å². The Morgan fingerprint density at radius 2 is 2.05 bits per heavy atom. The van der Waals surface area contributed by atoms with Crippen molar-refractivity contribution in [3.05, 3.63) is 34.4 Å². The number of hydrogen-bond acceptors (Lipinski definition) is 7. The Morgan fingerprint density at radius 1 is 1.35 bits per heavy atom. The monoisotopic (exact) mass is 302 g/mol. The van der Waals surface area contributed by atoms with E-state index in [2.05, 4.69) is 5.32 Å². The molecule has 1 aromatic rings. The first kappa shape index (κ1) is 14.9. The SMILES string of the molecule is CO[C@H]1CNC[C@@H]1OS(=O)(=O)c1cccc([N+](=O)[O-])c1. The van der Waals surface area contributed by atoms with Gasteiger partial charge in [0.25, 0.3) is 15.8 Å². The molecule has 0 aliphatic carbocycles. The van der Waals surface area contributed by atoms with Crippen molar-refractivity contribution >= 4 is 15.8 Å². The summed E-state index contributed by atoms with van der Waals surface area (Å²) < 4.78 is 34.4. The van der Waals surface area contributed by atoms with Crippen LogP contribution in [0.5, 0.6) is 0 Å². The van der Waals surface area contributed by atoms with Crippen LogP contribution in [0.25, 0.3) is 0 Å². The molecule has 0 amide bonds. The van der Waals surface area contributed by atoms with Crippen molar-refractivity contribution in [2.45, 2.75) is 17.1 Å². The molecule has 2 atom stereocenters. The van der Waals surface area contributed by atoms with E-state index in [9.17, 15) is 18.5 Å². The Morgan fingerprint density at radius 3 is 2.70 bits per heavy atom. The highest BCUT2D eigenvalue weighted by Crippen LogP contribution is 2.22. The summed E-state index contributed by atoms with van der Waals surface area (Å²) in [7, 11) is -2.60. The van der Waals surface area contributed by atoms with Crippen LogP contribution in [0.3, 0.4) is 0 Å². The normalized spacial score (nSPS) is 22.9. The Balaban J connectivity index is 2.22. The Labute approximate surface area is 116 Å². The number of non-ortho nitro benzene ring substituents is 1. The molecule has 8 nitrogen and oxygen atoms in total. The van der Waals surface area contributed by atoms with Crippen LogP contribution in [0, 0.1) is 10.1 Å². The van der Waals surface area contributed by atoms with Gasteiger partial charge in [0, 0.05) is 32.3 Å². The summed E-state index contributed by atoms with van der Waals surface area (Å²) in [5.74, 6) is 0. The molecule has 1 fully saturated rings. The van der Waals surface area contributed by atoms with Crippen LogP contribution in [0.1, 0.15) is 0 Å². The number of rotatable bonds is 5. The summed E-state index contributed by atoms with van der Waals surface area (Å²) in [4.78, 5) is 9.76. The van der Waals surface area contributed by atoms with Crippen LogP contribution >= 0.6 is 0 Å². The highest BCUT2D eigenvalue weighted by molar-refractivity contribution is 7.86. The zero-order valence-electron chi connectivity index (χ0n) is 10.7. The van der Waals surface area contributed by atoms with Crippen molar-refractivity contribution in [2.24, 2.45) is 0 Å². The standard InChI is InChI=1S/C11H14N2O6S/c1-18-10-6-12-7-11(10)19-20(16,17)9-4-2-3-8(5-9)13(14)15/h2-5,10-12H,6-7H2,1H3/t10-,11-/m0/s1. The first-order valence-electron chi connectivity index (χ1n) is 5.85. The first-order chi connectivity index (χ1) is 9.44. The van der Waals surface area contributed by atoms with Crippen molar-refractivity contribution in [1.82, 2.24) is 5.32 Å². The minimum atomic E-state index is -4.07. The maximum absolute atomic E-state index is 12.1. The van der Waals surface area contributed by atoms with Gasteiger partial charge < -0.3 is 10.1 Å². The molecule has 1 aromatic carbocycles. The number of nitro groups is 1. The van der Waals surface area contributed by atoms with Gasteiger partial charge in [-0.25, -0.2) is 0 Å². The molecule has 110 valence electrons. The van der Waals surface area contributed by atoms with Crippen LogP contribution in [0.15, 0.2) is 29.2 Å². The summed E-state index contributed by atoms with van der Waals surface area (Å²) >= 11 is 0. The van der Waals surface area contributed by atoms with Gasteiger partial charge in [-0.3, -0.25) is 14.3 Å². The summed E-state index contributed by atoms with van der Waals surface area (Å²) in [6.45, 7) is 0.832. The molecule has 1 aliphatic rings. The minimum absolute atomic E-state index is 0.242. The van der Waals surface area contributed by atoms with Crippen LogP contribution in [0.2, 0.25) is 0 Å². The lowest BCUT2D eigenvalue weighted by Gasteiger charge is -2.17. The quantitative estimate of drug-likeness (QED) is 0.473. The fraction of sp³-hybridized carbons (Fsp3) is 0.455. The Hall–Kier alpha value is -1.55. The number of methoxy groups -OCH3 is 1. The molecule has 1 heterocycles.